The van der Waals surface area contributed by atoms with E-state index in [1.165, 1.54) is 25.1 Å². The molecule has 1 aromatic rings. The van der Waals surface area contributed by atoms with Gasteiger partial charge < -0.3 is 10.2 Å². The second kappa shape index (κ2) is 5.10. The van der Waals surface area contributed by atoms with Gasteiger partial charge in [0, 0.05) is 18.6 Å². The van der Waals surface area contributed by atoms with Gasteiger partial charge in [-0.1, -0.05) is 0 Å². The summed E-state index contributed by atoms with van der Waals surface area (Å²) in [6, 6.07) is 3.52. The van der Waals surface area contributed by atoms with E-state index in [2.05, 4.69) is 41.0 Å². The molecule has 0 aliphatic carbocycles. The summed E-state index contributed by atoms with van der Waals surface area (Å²) in [4.78, 5) is 2.40. The van der Waals surface area contributed by atoms with Crippen LogP contribution in [0, 0.1) is 0 Å². The Labute approximate surface area is 96.3 Å². The van der Waals surface area contributed by atoms with Crippen molar-refractivity contribution >= 4 is 11.3 Å². The number of hydrogen-bond donors (Lipinski definition) is 1. The van der Waals surface area contributed by atoms with E-state index >= 15 is 0 Å². The monoisotopic (exact) mass is 224 g/mol. The smallest absolute Gasteiger partial charge is 0.0209 e. The van der Waals surface area contributed by atoms with Crippen LogP contribution < -0.4 is 5.32 Å². The molecule has 1 aliphatic rings. The lowest BCUT2D eigenvalue weighted by Gasteiger charge is -2.19. The minimum absolute atomic E-state index is 0.594. The second-order valence-corrected chi connectivity index (χ2v) is 5.43. The summed E-state index contributed by atoms with van der Waals surface area (Å²) in [5.74, 6) is 0. The highest BCUT2D eigenvalue weighted by Crippen LogP contribution is 2.11. The summed E-state index contributed by atoms with van der Waals surface area (Å²) >= 11 is 1.79. The highest BCUT2D eigenvalue weighted by molar-refractivity contribution is 7.07. The van der Waals surface area contributed by atoms with Crippen LogP contribution in [0.3, 0.4) is 0 Å². The van der Waals surface area contributed by atoms with Gasteiger partial charge in [-0.2, -0.15) is 11.3 Å². The predicted molar refractivity (Wildman–Crippen MR) is 66.5 cm³/mol. The van der Waals surface area contributed by atoms with Crippen molar-refractivity contribution in [3.8, 4) is 0 Å². The zero-order valence-electron chi connectivity index (χ0n) is 9.57. The molecule has 1 aromatic heterocycles. The highest BCUT2D eigenvalue weighted by atomic mass is 32.1. The van der Waals surface area contributed by atoms with Crippen molar-refractivity contribution in [2.24, 2.45) is 0 Å². The second-order valence-electron chi connectivity index (χ2n) is 4.65. The maximum absolute atomic E-state index is 3.71. The van der Waals surface area contributed by atoms with Gasteiger partial charge in [-0.25, -0.2) is 0 Å². The van der Waals surface area contributed by atoms with E-state index in [-0.39, 0.29) is 0 Å². The fourth-order valence-electron chi connectivity index (χ4n) is 2.29. The molecule has 1 aliphatic heterocycles. The molecule has 0 amide bonds. The maximum Gasteiger partial charge on any atom is 0.0209 e. The molecule has 1 N–H and O–H groups in total. The van der Waals surface area contributed by atoms with Crippen molar-refractivity contribution in [1.82, 2.24) is 10.2 Å². The van der Waals surface area contributed by atoms with Gasteiger partial charge >= 0.3 is 0 Å². The quantitative estimate of drug-likeness (QED) is 0.841. The van der Waals surface area contributed by atoms with Crippen molar-refractivity contribution in [3.05, 3.63) is 22.4 Å². The first-order chi connectivity index (χ1) is 7.24. The Morgan fingerprint density at radius 3 is 3.13 bits per heavy atom. The van der Waals surface area contributed by atoms with Crippen LogP contribution in [0.1, 0.15) is 18.9 Å². The number of likely N-dealkylation sites (tertiary alicyclic amines) is 1. The molecule has 2 atom stereocenters. The average molecular weight is 224 g/mol. The molecule has 0 aromatic carbocycles. The van der Waals surface area contributed by atoms with E-state index in [0.29, 0.717) is 12.1 Å². The third-order valence-electron chi connectivity index (χ3n) is 3.03. The molecule has 0 spiro atoms. The number of likely N-dealkylation sites (N-methyl/N-ethyl adjacent to an activating group) is 1. The summed E-state index contributed by atoms with van der Waals surface area (Å²) in [5, 5.41) is 8.12. The van der Waals surface area contributed by atoms with Gasteiger partial charge in [0.1, 0.15) is 0 Å². The van der Waals surface area contributed by atoms with E-state index in [1.54, 1.807) is 11.3 Å². The van der Waals surface area contributed by atoms with Gasteiger partial charge in [0.15, 0.2) is 0 Å². The van der Waals surface area contributed by atoms with Crippen LogP contribution in [0.2, 0.25) is 0 Å². The molecule has 0 radical (unpaired) electrons. The van der Waals surface area contributed by atoms with Crippen molar-refractivity contribution < 1.29 is 0 Å². The molecule has 84 valence electrons. The topological polar surface area (TPSA) is 15.3 Å². The number of nitrogens with one attached hydrogen (secondary N) is 1. The largest absolute Gasteiger partial charge is 0.310 e. The lowest BCUT2D eigenvalue weighted by Crippen LogP contribution is -2.39. The van der Waals surface area contributed by atoms with Gasteiger partial charge in [-0.3, -0.25) is 0 Å². The van der Waals surface area contributed by atoms with Crippen molar-refractivity contribution in [3.63, 3.8) is 0 Å². The molecule has 0 saturated carbocycles. The molecular formula is C12H20N2S. The molecule has 2 rings (SSSR count). The zero-order valence-corrected chi connectivity index (χ0v) is 10.4. The lowest BCUT2D eigenvalue weighted by molar-refractivity contribution is 0.384. The Balaban J connectivity index is 1.75. The minimum Gasteiger partial charge on any atom is -0.310 e. The molecule has 2 heterocycles. The Hall–Kier alpha value is -0.380. The Morgan fingerprint density at radius 1 is 1.67 bits per heavy atom. The fraction of sp³-hybridized carbons (Fsp3) is 0.667. The van der Waals surface area contributed by atoms with Gasteiger partial charge in [0.25, 0.3) is 0 Å². The normalized spacial score (nSPS) is 24.5. The van der Waals surface area contributed by atoms with Crippen LogP contribution >= 0.6 is 11.3 Å². The summed E-state index contributed by atoms with van der Waals surface area (Å²) in [6.45, 7) is 4.73. The first-order valence-corrected chi connectivity index (χ1v) is 6.64. The lowest BCUT2D eigenvalue weighted by atomic mass is 10.1. The first kappa shape index (κ1) is 11.1. The predicted octanol–water partition coefficient (Wildman–Crippen LogP) is 1.97. The van der Waals surface area contributed by atoms with Crippen LogP contribution in [0.15, 0.2) is 16.8 Å². The average Bonchev–Trinajstić information content (AvgIpc) is 2.77. The maximum atomic E-state index is 3.71. The fourth-order valence-corrected chi connectivity index (χ4v) is 2.98. The van der Waals surface area contributed by atoms with Crippen LogP contribution in [0.5, 0.6) is 0 Å². The van der Waals surface area contributed by atoms with E-state index < -0.39 is 0 Å². The first-order valence-electron chi connectivity index (χ1n) is 5.69. The molecule has 3 heteroatoms. The molecule has 0 bridgehead atoms. The van der Waals surface area contributed by atoms with E-state index in [0.717, 1.165) is 6.42 Å². The van der Waals surface area contributed by atoms with Crippen molar-refractivity contribution in [1.29, 1.82) is 0 Å². The van der Waals surface area contributed by atoms with Gasteiger partial charge in [0.05, 0.1) is 0 Å². The van der Waals surface area contributed by atoms with Crippen LogP contribution in [0.25, 0.3) is 0 Å². The zero-order chi connectivity index (χ0) is 10.7. The van der Waals surface area contributed by atoms with Crippen molar-refractivity contribution in [2.75, 3.05) is 20.1 Å². The SMILES string of the molecule is CC(Cc1ccsc1)NC1CCN(C)C1. The third-order valence-corrected chi connectivity index (χ3v) is 3.77. The van der Waals surface area contributed by atoms with Gasteiger partial charge in [-0.15, -0.1) is 0 Å². The standard InChI is InChI=1S/C12H20N2S/c1-10(7-11-4-6-15-9-11)13-12-3-5-14(2)8-12/h4,6,9-10,12-13H,3,5,7-8H2,1-2H3. The Morgan fingerprint density at radius 2 is 2.53 bits per heavy atom. The summed E-state index contributed by atoms with van der Waals surface area (Å²) in [7, 11) is 2.20. The summed E-state index contributed by atoms with van der Waals surface area (Å²) < 4.78 is 0. The Kier molecular flexibility index (Phi) is 3.78. The van der Waals surface area contributed by atoms with E-state index in [9.17, 15) is 0 Å². The number of hydrogen-bond acceptors (Lipinski definition) is 3. The molecular weight excluding hydrogens is 204 g/mol. The summed E-state index contributed by atoms with van der Waals surface area (Å²) in [5.41, 5.74) is 1.46. The third kappa shape index (κ3) is 3.30. The van der Waals surface area contributed by atoms with E-state index in [1.807, 2.05) is 0 Å². The van der Waals surface area contributed by atoms with Crippen LogP contribution in [-0.4, -0.2) is 37.1 Å². The molecule has 1 fully saturated rings. The number of rotatable bonds is 4. The highest BCUT2D eigenvalue weighted by Gasteiger charge is 2.20. The molecule has 2 nitrogen and oxygen atoms in total. The molecule has 1 saturated heterocycles. The van der Waals surface area contributed by atoms with Crippen LogP contribution in [0.4, 0.5) is 0 Å². The number of nitrogens with zero attached hydrogens (tertiary/aromatic N) is 1. The number of thiophene rings is 1. The summed E-state index contributed by atoms with van der Waals surface area (Å²) in [6.07, 6.45) is 2.45. The molecule has 15 heavy (non-hydrogen) atoms. The Bertz CT molecular complexity index is 284. The van der Waals surface area contributed by atoms with E-state index in [4.69, 9.17) is 0 Å². The molecule has 2 unspecified atom stereocenters. The van der Waals surface area contributed by atoms with Crippen molar-refractivity contribution in [2.45, 2.75) is 31.8 Å². The van der Waals surface area contributed by atoms with Gasteiger partial charge in [0.2, 0.25) is 0 Å². The minimum atomic E-state index is 0.594. The van der Waals surface area contributed by atoms with Crippen LogP contribution in [-0.2, 0) is 6.42 Å². The van der Waals surface area contributed by atoms with Gasteiger partial charge in [-0.05, 0) is 55.7 Å².